The van der Waals surface area contributed by atoms with Crippen molar-refractivity contribution in [1.29, 1.82) is 0 Å². The third-order valence-electron chi connectivity index (χ3n) is 6.78. The van der Waals surface area contributed by atoms with Gasteiger partial charge in [0.25, 0.3) is 0 Å². The molecule has 0 amide bonds. The SMILES string of the molecule is C=C(C(=O)OC(c1ccccc1)c1ccccc1)c1c(F)cc2c(=O)c(C(=O)OCC)c3scc(COC(C)=O)n3c2c1F. The van der Waals surface area contributed by atoms with E-state index in [1.54, 1.807) is 67.6 Å². The number of pyridine rings is 1. The maximum absolute atomic E-state index is 16.5. The summed E-state index contributed by atoms with van der Waals surface area (Å²) in [6.07, 6.45) is -0.915. The number of benzene rings is 3. The molecule has 0 atom stereocenters. The summed E-state index contributed by atoms with van der Waals surface area (Å²) in [5.41, 5.74) is -1.86. The van der Waals surface area contributed by atoms with Gasteiger partial charge in [0.15, 0.2) is 11.9 Å². The van der Waals surface area contributed by atoms with Crippen LogP contribution in [0.1, 0.15) is 52.7 Å². The number of ether oxygens (including phenoxy) is 3. The predicted octanol–water partition coefficient (Wildman–Crippen LogP) is 6.38. The molecule has 0 fully saturated rings. The maximum atomic E-state index is 16.5. The zero-order valence-corrected chi connectivity index (χ0v) is 24.4. The summed E-state index contributed by atoms with van der Waals surface area (Å²) >= 11 is 0.909. The van der Waals surface area contributed by atoms with Gasteiger partial charge in [-0.05, 0) is 24.1 Å². The topological polar surface area (TPSA) is 100 Å². The Labute approximate surface area is 253 Å². The lowest BCUT2D eigenvalue weighted by Crippen LogP contribution is -2.22. The highest BCUT2D eigenvalue weighted by molar-refractivity contribution is 7.16. The van der Waals surface area contributed by atoms with Crippen LogP contribution in [-0.2, 0) is 30.4 Å². The van der Waals surface area contributed by atoms with Crippen LogP contribution in [0, 0.1) is 11.6 Å². The molecule has 5 aromatic rings. The van der Waals surface area contributed by atoms with Crippen molar-refractivity contribution >= 4 is 50.6 Å². The molecule has 2 aromatic heterocycles. The fourth-order valence-electron chi connectivity index (χ4n) is 4.81. The third-order valence-corrected chi connectivity index (χ3v) is 7.78. The minimum atomic E-state index is -1.29. The molecule has 0 aliphatic carbocycles. The van der Waals surface area contributed by atoms with E-state index < -0.39 is 68.7 Å². The van der Waals surface area contributed by atoms with Crippen LogP contribution in [0.15, 0.2) is 83.5 Å². The van der Waals surface area contributed by atoms with Crippen molar-refractivity contribution in [3.63, 3.8) is 0 Å². The molecular weight excluding hydrogens is 592 g/mol. The second-order valence-corrected chi connectivity index (χ2v) is 10.5. The van der Waals surface area contributed by atoms with Crippen LogP contribution in [0.3, 0.4) is 0 Å². The minimum Gasteiger partial charge on any atom is -0.462 e. The van der Waals surface area contributed by atoms with E-state index in [4.69, 9.17) is 14.2 Å². The van der Waals surface area contributed by atoms with E-state index in [2.05, 4.69) is 6.58 Å². The summed E-state index contributed by atoms with van der Waals surface area (Å²) in [5, 5.41) is 0.981. The molecule has 2 heterocycles. The van der Waals surface area contributed by atoms with Crippen molar-refractivity contribution in [1.82, 2.24) is 4.40 Å². The Kier molecular flexibility index (Phi) is 8.68. The van der Waals surface area contributed by atoms with E-state index in [1.807, 2.05) is 0 Å². The summed E-state index contributed by atoms with van der Waals surface area (Å²) < 4.78 is 49.2. The maximum Gasteiger partial charge on any atom is 0.345 e. The Morgan fingerprint density at radius 3 is 2.14 bits per heavy atom. The van der Waals surface area contributed by atoms with Crippen LogP contribution < -0.4 is 5.43 Å². The molecule has 224 valence electrons. The zero-order chi connectivity index (χ0) is 31.5. The highest BCUT2D eigenvalue weighted by atomic mass is 32.1. The van der Waals surface area contributed by atoms with E-state index in [9.17, 15) is 19.2 Å². The van der Waals surface area contributed by atoms with Gasteiger partial charge >= 0.3 is 17.9 Å². The molecule has 0 N–H and O–H groups in total. The smallest absolute Gasteiger partial charge is 0.345 e. The monoisotopic (exact) mass is 617 g/mol. The molecule has 5 rings (SSSR count). The van der Waals surface area contributed by atoms with Crippen molar-refractivity contribution in [2.24, 2.45) is 0 Å². The summed E-state index contributed by atoms with van der Waals surface area (Å²) in [5.74, 6) is -5.27. The van der Waals surface area contributed by atoms with E-state index in [0.29, 0.717) is 11.1 Å². The van der Waals surface area contributed by atoms with Crippen LogP contribution in [-0.4, -0.2) is 28.9 Å². The third kappa shape index (κ3) is 5.61. The van der Waals surface area contributed by atoms with Gasteiger partial charge in [0.05, 0.1) is 34.3 Å². The molecule has 0 aliphatic rings. The van der Waals surface area contributed by atoms with Gasteiger partial charge in [0.1, 0.15) is 22.8 Å². The van der Waals surface area contributed by atoms with Gasteiger partial charge in [-0.25, -0.2) is 18.4 Å². The first kappa shape index (κ1) is 30.3. The summed E-state index contributed by atoms with van der Waals surface area (Å²) in [6, 6.07) is 18.4. The summed E-state index contributed by atoms with van der Waals surface area (Å²) in [7, 11) is 0. The second kappa shape index (κ2) is 12.6. The van der Waals surface area contributed by atoms with Crippen LogP contribution >= 0.6 is 11.3 Å². The number of halogens is 2. The van der Waals surface area contributed by atoms with E-state index in [0.717, 1.165) is 17.4 Å². The number of carbonyl (C=O) groups is 3. The van der Waals surface area contributed by atoms with Crippen molar-refractivity contribution in [2.45, 2.75) is 26.6 Å². The fraction of sp³-hybridized carbons (Fsp3) is 0.152. The van der Waals surface area contributed by atoms with E-state index in [1.165, 1.54) is 16.7 Å². The Morgan fingerprint density at radius 2 is 1.57 bits per heavy atom. The number of esters is 3. The number of thiazole rings is 1. The molecule has 11 heteroatoms. The van der Waals surface area contributed by atoms with Crippen LogP contribution in [0.4, 0.5) is 8.78 Å². The van der Waals surface area contributed by atoms with Gasteiger partial charge in [0.2, 0.25) is 5.43 Å². The number of rotatable bonds is 9. The minimum absolute atomic E-state index is 0.0130. The van der Waals surface area contributed by atoms with Gasteiger partial charge in [-0.1, -0.05) is 67.2 Å². The quantitative estimate of drug-likeness (QED) is 0.108. The Hall–Kier alpha value is -5.16. The predicted molar refractivity (Wildman–Crippen MR) is 160 cm³/mol. The molecule has 0 spiro atoms. The number of hydrogen-bond acceptors (Lipinski definition) is 8. The molecule has 3 aromatic carbocycles. The molecule has 0 bridgehead atoms. The van der Waals surface area contributed by atoms with Crippen molar-refractivity contribution in [3.05, 3.63) is 128 Å². The lowest BCUT2D eigenvalue weighted by molar-refractivity contribution is -0.142. The van der Waals surface area contributed by atoms with Gasteiger partial charge in [-0.2, -0.15) is 0 Å². The first-order valence-electron chi connectivity index (χ1n) is 13.4. The highest BCUT2D eigenvalue weighted by Gasteiger charge is 2.30. The first-order valence-corrected chi connectivity index (χ1v) is 14.3. The van der Waals surface area contributed by atoms with E-state index >= 15 is 8.78 Å². The number of aromatic nitrogens is 1. The molecular formula is C33H25F2NO7S. The fourth-order valence-corrected chi connectivity index (χ4v) is 5.84. The van der Waals surface area contributed by atoms with Gasteiger partial charge < -0.3 is 14.2 Å². The first-order chi connectivity index (χ1) is 21.1. The van der Waals surface area contributed by atoms with Gasteiger partial charge in [-0.15, -0.1) is 11.3 Å². The largest absolute Gasteiger partial charge is 0.462 e. The van der Waals surface area contributed by atoms with Gasteiger partial charge in [-0.3, -0.25) is 14.0 Å². The van der Waals surface area contributed by atoms with Crippen molar-refractivity contribution in [2.75, 3.05) is 6.61 Å². The molecule has 0 radical (unpaired) electrons. The zero-order valence-electron chi connectivity index (χ0n) is 23.6. The highest BCUT2D eigenvalue weighted by Crippen LogP contribution is 2.34. The second-order valence-electron chi connectivity index (χ2n) is 9.60. The van der Waals surface area contributed by atoms with Crippen molar-refractivity contribution in [3.8, 4) is 0 Å². The average molecular weight is 618 g/mol. The number of hydrogen-bond donors (Lipinski definition) is 0. The molecule has 44 heavy (non-hydrogen) atoms. The molecule has 0 saturated carbocycles. The van der Waals surface area contributed by atoms with Crippen LogP contribution in [0.25, 0.3) is 21.3 Å². The van der Waals surface area contributed by atoms with Crippen LogP contribution in [0.2, 0.25) is 0 Å². The number of nitrogens with zero attached hydrogens (tertiary/aromatic N) is 1. The number of fused-ring (bicyclic) bond motifs is 3. The molecule has 8 nitrogen and oxygen atoms in total. The van der Waals surface area contributed by atoms with Crippen LogP contribution in [0.5, 0.6) is 0 Å². The average Bonchev–Trinajstić information content (AvgIpc) is 3.42. The molecule has 0 unspecified atom stereocenters. The summed E-state index contributed by atoms with van der Waals surface area (Å²) in [6.45, 7) is 5.98. The normalized spacial score (nSPS) is 11.1. The lowest BCUT2D eigenvalue weighted by atomic mass is 10.00. The summed E-state index contributed by atoms with van der Waals surface area (Å²) in [4.78, 5) is 51.2. The Balaban J connectivity index is 1.67. The Morgan fingerprint density at radius 1 is 0.955 bits per heavy atom. The molecule has 0 aliphatic heterocycles. The standard InChI is InChI=1S/C33H25F2NO7S/c1-4-41-33(40)26-29(38)23-15-24(34)25(27(35)28(23)36-22(16-42-19(3)37)17-44-31(26)36)18(2)32(39)43-30(20-11-7-5-8-12-20)21-13-9-6-10-14-21/h5-15,17,30H,2,4,16H2,1,3H3. The van der Waals surface area contributed by atoms with Gasteiger partial charge in [0, 0.05) is 12.3 Å². The van der Waals surface area contributed by atoms with E-state index in [-0.39, 0.29) is 23.7 Å². The van der Waals surface area contributed by atoms with Crippen molar-refractivity contribution < 1.29 is 37.4 Å². The lowest BCUT2D eigenvalue weighted by Gasteiger charge is -2.20. The molecule has 0 saturated heterocycles. The number of carbonyl (C=O) groups excluding carboxylic acids is 3. The Bertz CT molecular complexity index is 1950.